The van der Waals surface area contributed by atoms with Crippen molar-refractivity contribution in [1.29, 1.82) is 0 Å². The van der Waals surface area contributed by atoms with Gasteiger partial charge in [-0.2, -0.15) is 0 Å². The lowest BCUT2D eigenvalue weighted by molar-refractivity contribution is 0.00683. The van der Waals surface area contributed by atoms with Crippen LogP contribution >= 0.6 is 27.5 Å². The highest BCUT2D eigenvalue weighted by Crippen LogP contribution is 2.25. The van der Waals surface area contributed by atoms with Crippen LogP contribution in [0.1, 0.15) is 31.1 Å². The van der Waals surface area contributed by atoms with E-state index in [1.165, 1.54) is 6.20 Å². The third-order valence-electron chi connectivity index (χ3n) is 1.47. The molecule has 1 aromatic rings. The number of nitrogens with zero attached hydrogens (tertiary/aromatic N) is 1. The van der Waals surface area contributed by atoms with Crippen LogP contribution in [0.5, 0.6) is 0 Å². The first-order valence-corrected chi connectivity index (χ1v) is 5.52. The van der Waals surface area contributed by atoms with Gasteiger partial charge in [-0.25, -0.2) is 9.78 Å². The molecule has 0 aliphatic rings. The van der Waals surface area contributed by atoms with Gasteiger partial charge in [-0.3, -0.25) is 0 Å². The van der Waals surface area contributed by atoms with E-state index in [4.69, 9.17) is 16.3 Å². The second-order valence-corrected chi connectivity index (χ2v) is 5.12. The van der Waals surface area contributed by atoms with E-state index >= 15 is 0 Å². The Morgan fingerprint density at radius 3 is 2.67 bits per heavy atom. The Balaban J connectivity index is 2.97. The maximum atomic E-state index is 11.7. The summed E-state index contributed by atoms with van der Waals surface area (Å²) in [5, 5.41) is 0.248. The van der Waals surface area contributed by atoms with Crippen molar-refractivity contribution in [2.24, 2.45) is 0 Å². The van der Waals surface area contributed by atoms with E-state index in [0.29, 0.717) is 10.0 Å². The highest BCUT2D eigenvalue weighted by atomic mass is 79.9. The molecule has 0 aromatic carbocycles. The first kappa shape index (κ1) is 12.5. The Labute approximate surface area is 102 Å². The molecule has 3 nitrogen and oxygen atoms in total. The molecule has 0 aliphatic carbocycles. The molecule has 0 spiro atoms. The van der Waals surface area contributed by atoms with Crippen molar-refractivity contribution in [1.82, 2.24) is 4.98 Å². The van der Waals surface area contributed by atoms with Gasteiger partial charge in [0, 0.05) is 6.20 Å². The fraction of sp³-hybridized carbons (Fsp3) is 0.400. The van der Waals surface area contributed by atoms with Gasteiger partial charge in [-0.15, -0.1) is 0 Å². The van der Waals surface area contributed by atoms with Crippen LogP contribution in [0.2, 0.25) is 5.15 Å². The number of esters is 1. The molecule has 0 radical (unpaired) electrons. The predicted octanol–water partition coefficient (Wildman–Crippen LogP) is 3.45. The third kappa shape index (κ3) is 3.47. The van der Waals surface area contributed by atoms with Crippen LogP contribution in [-0.4, -0.2) is 16.6 Å². The van der Waals surface area contributed by atoms with Crippen LogP contribution in [0, 0.1) is 0 Å². The number of carbonyl (C=O) groups is 1. The second kappa shape index (κ2) is 4.49. The second-order valence-electron chi connectivity index (χ2n) is 3.97. The standard InChI is InChI=1S/C10H11BrClNO2/c1-10(2,3)15-9(14)6-4-5-13-8(12)7(6)11/h4-5H,1-3H3. The lowest BCUT2D eigenvalue weighted by Crippen LogP contribution is -2.24. The summed E-state index contributed by atoms with van der Waals surface area (Å²) >= 11 is 8.96. The monoisotopic (exact) mass is 291 g/mol. The smallest absolute Gasteiger partial charge is 0.339 e. The molecule has 0 bridgehead atoms. The van der Waals surface area contributed by atoms with Crippen molar-refractivity contribution in [2.75, 3.05) is 0 Å². The topological polar surface area (TPSA) is 39.2 Å². The van der Waals surface area contributed by atoms with E-state index in [1.54, 1.807) is 6.07 Å². The molecule has 82 valence electrons. The summed E-state index contributed by atoms with van der Waals surface area (Å²) in [6.45, 7) is 5.42. The van der Waals surface area contributed by atoms with E-state index in [2.05, 4.69) is 20.9 Å². The van der Waals surface area contributed by atoms with E-state index < -0.39 is 11.6 Å². The molecular formula is C10H11BrClNO2. The van der Waals surface area contributed by atoms with E-state index in [-0.39, 0.29) is 5.15 Å². The summed E-state index contributed by atoms with van der Waals surface area (Å²) in [6.07, 6.45) is 1.46. The molecule has 0 saturated heterocycles. The molecule has 5 heteroatoms. The van der Waals surface area contributed by atoms with Crippen LogP contribution in [0.3, 0.4) is 0 Å². The van der Waals surface area contributed by atoms with Crippen molar-refractivity contribution in [3.63, 3.8) is 0 Å². The Kier molecular flexibility index (Phi) is 3.73. The fourth-order valence-electron chi connectivity index (χ4n) is 0.909. The van der Waals surface area contributed by atoms with Gasteiger partial charge in [0.05, 0.1) is 10.0 Å². The van der Waals surface area contributed by atoms with Gasteiger partial charge >= 0.3 is 5.97 Å². The van der Waals surface area contributed by atoms with E-state index in [9.17, 15) is 4.79 Å². The molecule has 0 saturated carbocycles. The first-order valence-electron chi connectivity index (χ1n) is 4.34. The van der Waals surface area contributed by atoms with Gasteiger partial charge in [0.2, 0.25) is 0 Å². The van der Waals surface area contributed by atoms with Crippen LogP contribution in [0.25, 0.3) is 0 Å². The molecular weight excluding hydrogens is 281 g/mol. The number of hydrogen-bond donors (Lipinski definition) is 0. The van der Waals surface area contributed by atoms with Crippen LogP contribution < -0.4 is 0 Å². The summed E-state index contributed by atoms with van der Waals surface area (Å²) in [7, 11) is 0. The first-order chi connectivity index (χ1) is 6.81. The van der Waals surface area contributed by atoms with Gasteiger partial charge in [-0.1, -0.05) is 11.6 Å². The Bertz CT molecular complexity index is 387. The van der Waals surface area contributed by atoms with Crippen molar-refractivity contribution < 1.29 is 9.53 Å². The highest BCUT2D eigenvalue weighted by molar-refractivity contribution is 9.10. The zero-order valence-electron chi connectivity index (χ0n) is 8.67. The minimum absolute atomic E-state index is 0.248. The molecule has 0 unspecified atom stereocenters. The molecule has 1 rings (SSSR count). The van der Waals surface area contributed by atoms with E-state index in [0.717, 1.165) is 0 Å². The number of hydrogen-bond acceptors (Lipinski definition) is 3. The number of pyridine rings is 1. The fourth-order valence-corrected chi connectivity index (χ4v) is 1.46. The number of halogens is 2. The Hall–Kier alpha value is -0.610. The van der Waals surface area contributed by atoms with Crippen molar-refractivity contribution in [3.05, 3.63) is 27.5 Å². The minimum atomic E-state index is -0.522. The average Bonchev–Trinajstić information content (AvgIpc) is 2.06. The van der Waals surface area contributed by atoms with Crippen LogP contribution in [0.15, 0.2) is 16.7 Å². The summed E-state index contributed by atoms with van der Waals surface area (Å²) < 4.78 is 5.66. The SMILES string of the molecule is CC(C)(C)OC(=O)c1ccnc(Cl)c1Br. The summed E-state index contributed by atoms with van der Waals surface area (Å²) in [5.74, 6) is -0.418. The summed E-state index contributed by atoms with van der Waals surface area (Å²) in [5.41, 5.74) is -0.142. The predicted molar refractivity (Wildman–Crippen MR) is 62.1 cm³/mol. The van der Waals surface area contributed by atoms with Gasteiger partial charge in [0.1, 0.15) is 10.8 Å². The third-order valence-corrected chi connectivity index (χ3v) is 2.78. The zero-order valence-corrected chi connectivity index (χ0v) is 11.0. The number of carbonyl (C=O) groups excluding carboxylic acids is 1. The Morgan fingerprint density at radius 1 is 1.53 bits per heavy atom. The highest BCUT2D eigenvalue weighted by Gasteiger charge is 2.20. The van der Waals surface area contributed by atoms with Crippen molar-refractivity contribution >= 4 is 33.5 Å². The molecule has 0 fully saturated rings. The number of aromatic nitrogens is 1. The normalized spacial score (nSPS) is 11.3. The lowest BCUT2D eigenvalue weighted by atomic mass is 10.2. The largest absolute Gasteiger partial charge is 0.456 e. The van der Waals surface area contributed by atoms with Gasteiger partial charge < -0.3 is 4.74 Å². The summed E-state index contributed by atoms with van der Waals surface area (Å²) in [4.78, 5) is 15.5. The van der Waals surface area contributed by atoms with Gasteiger partial charge in [-0.05, 0) is 42.8 Å². The quantitative estimate of drug-likeness (QED) is 0.588. The Morgan fingerprint density at radius 2 is 2.13 bits per heavy atom. The van der Waals surface area contributed by atoms with Crippen molar-refractivity contribution in [3.8, 4) is 0 Å². The average molecular weight is 293 g/mol. The van der Waals surface area contributed by atoms with Gasteiger partial charge in [0.15, 0.2) is 0 Å². The van der Waals surface area contributed by atoms with E-state index in [1.807, 2.05) is 20.8 Å². The van der Waals surface area contributed by atoms with Crippen LogP contribution in [-0.2, 0) is 4.74 Å². The zero-order chi connectivity index (χ0) is 11.6. The molecule has 0 amide bonds. The number of ether oxygens (including phenoxy) is 1. The molecule has 15 heavy (non-hydrogen) atoms. The molecule has 0 atom stereocenters. The molecule has 0 aliphatic heterocycles. The molecule has 1 heterocycles. The van der Waals surface area contributed by atoms with Crippen molar-refractivity contribution in [2.45, 2.75) is 26.4 Å². The van der Waals surface area contributed by atoms with Gasteiger partial charge in [0.25, 0.3) is 0 Å². The maximum absolute atomic E-state index is 11.7. The maximum Gasteiger partial charge on any atom is 0.339 e. The molecule has 0 N–H and O–H groups in total. The number of rotatable bonds is 1. The molecule has 1 aromatic heterocycles. The minimum Gasteiger partial charge on any atom is -0.456 e. The lowest BCUT2D eigenvalue weighted by Gasteiger charge is -2.19. The summed E-state index contributed by atoms with van der Waals surface area (Å²) in [6, 6.07) is 1.56. The van der Waals surface area contributed by atoms with Crippen LogP contribution in [0.4, 0.5) is 0 Å².